The molecule has 4 aromatic rings. The quantitative estimate of drug-likeness (QED) is 0.355. The summed E-state index contributed by atoms with van der Waals surface area (Å²) in [7, 11) is 1.66. The fourth-order valence-corrected chi connectivity index (χ4v) is 5.23. The molecule has 5 rings (SSSR count). The highest BCUT2D eigenvalue weighted by Gasteiger charge is 2.26. The SMILES string of the molecule is C=Nc1ccccc1C(C)=NCCn1c(=O)c2c(nc(N3CCC[C@@H](N)C3)n2Cc2ccccc2)n(C)c1=O. The van der Waals surface area contributed by atoms with Gasteiger partial charge in [0.1, 0.15) is 0 Å². The summed E-state index contributed by atoms with van der Waals surface area (Å²) in [6.45, 7) is 7.82. The number of hydrogen-bond donors (Lipinski definition) is 1. The van der Waals surface area contributed by atoms with Crippen LogP contribution in [-0.2, 0) is 20.1 Å². The molecule has 2 N–H and O–H groups in total. The standard InChI is InChI=1S/C29H34N8O2/c1-20(23-13-7-8-14-24(23)31-2)32-15-17-36-27(38)25-26(34(3)29(36)39)33-28(35-16-9-12-22(30)19-35)37(25)18-21-10-5-4-6-11-21/h4-8,10-11,13-14,22H,2,9,12,15-19,30H2,1,3H3/t22-/m1/s1. The lowest BCUT2D eigenvalue weighted by molar-refractivity contribution is 0.495. The van der Waals surface area contributed by atoms with Gasteiger partial charge in [-0.05, 0) is 38.1 Å². The highest BCUT2D eigenvalue weighted by molar-refractivity contribution is 6.03. The van der Waals surface area contributed by atoms with Gasteiger partial charge in [-0.25, -0.2) is 4.79 Å². The first-order valence-corrected chi connectivity index (χ1v) is 13.2. The summed E-state index contributed by atoms with van der Waals surface area (Å²) in [5.41, 5.74) is 9.68. The third-order valence-corrected chi connectivity index (χ3v) is 7.27. The molecule has 0 saturated carbocycles. The highest BCUT2D eigenvalue weighted by atomic mass is 16.2. The predicted molar refractivity (Wildman–Crippen MR) is 157 cm³/mol. The summed E-state index contributed by atoms with van der Waals surface area (Å²) >= 11 is 0. The molecule has 39 heavy (non-hydrogen) atoms. The van der Waals surface area contributed by atoms with Crippen LogP contribution in [0.4, 0.5) is 11.6 Å². The molecule has 0 bridgehead atoms. The van der Waals surface area contributed by atoms with Crippen LogP contribution < -0.4 is 21.9 Å². The lowest BCUT2D eigenvalue weighted by Crippen LogP contribution is -2.44. The zero-order valence-corrected chi connectivity index (χ0v) is 22.5. The summed E-state index contributed by atoms with van der Waals surface area (Å²) in [4.78, 5) is 42.9. The predicted octanol–water partition coefficient (Wildman–Crippen LogP) is 2.71. The average Bonchev–Trinajstić information content (AvgIpc) is 3.33. The number of para-hydroxylation sites is 1. The molecule has 0 aliphatic carbocycles. The molecule has 1 fully saturated rings. The Labute approximate surface area is 226 Å². The minimum atomic E-state index is -0.417. The van der Waals surface area contributed by atoms with Gasteiger partial charge in [-0.1, -0.05) is 48.5 Å². The number of aryl methyl sites for hydroxylation is 1. The van der Waals surface area contributed by atoms with Gasteiger partial charge in [-0.2, -0.15) is 4.98 Å². The molecule has 2 aromatic carbocycles. The van der Waals surface area contributed by atoms with Crippen molar-refractivity contribution in [2.45, 2.75) is 38.9 Å². The minimum Gasteiger partial charge on any atom is -0.341 e. The molecule has 0 unspecified atom stereocenters. The van der Waals surface area contributed by atoms with Crippen molar-refractivity contribution in [3.05, 3.63) is 86.6 Å². The zero-order valence-electron chi connectivity index (χ0n) is 22.5. The Balaban J connectivity index is 1.57. The first-order chi connectivity index (χ1) is 18.9. The normalized spacial score (nSPS) is 16.1. The molecule has 10 heteroatoms. The van der Waals surface area contributed by atoms with E-state index >= 15 is 0 Å². The van der Waals surface area contributed by atoms with E-state index in [1.54, 1.807) is 7.05 Å². The molecule has 0 amide bonds. The Bertz CT molecular complexity index is 1650. The van der Waals surface area contributed by atoms with Crippen LogP contribution in [0.2, 0.25) is 0 Å². The van der Waals surface area contributed by atoms with E-state index in [4.69, 9.17) is 10.7 Å². The van der Waals surface area contributed by atoms with Gasteiger partial charge in [-0.15, -0.1) is 0 Å². The molecule has 1 atom stereocenters. The number of hydrogen-bond acceptors (Lipinski definition) is 7. The van der Waals surface area contributed by atoms with E-state index in [-0.39, 0.29) is 24.7 Å². The fraction of sp³-hybridized carbons (Fsp3) is 0.345. The molecule has 202 valence electrons. The Morgan fingerprint density at radius 2 is 1.85 bits per heavy atom. The number of anilines is 1. The number of piperidine rings is 1. The first-order valence-electron chi connectivity index (χ1n) is 13.2. The largest absolute Gasteiger partial charge is 0.341 e. The number of aromatic nitrogens is 4. The molecule has 2 aromatic heterocycles. The smallest absolute Gasteiger partial charge is 0.332 e. The van der Waals surface area contributed by atoms with Crippen LogP contribution in [0.25, 0.3) is 11.2 Å². The Hall–Kier alpha value is -4.31. The highest BCUT2D eigenvalue weighted by Crippen LogP contribution is 2.24. The third kappa shape index (κ3) is 5.20. The van der Waals surface area contributed by atoms with Crippen LogP contribution in [0, 0.1) is 0 Å². The van der Waals surface area contributed by atoms with Crippen molar-refractivity contribution in [3.8, 4) is 0 Å². The Kier molecular flexibility index (Phi) is 7.56. The van der Waals surface area contributed by atoms with Gasteiger partial charge < -0.3 is 10.6 Å². The van der Waals surface area contributed by atoms with Crippen LogP contribution in [0.1, 0.15) is 30.9 Å². The van der Waals surface area contributed by atoms with Crippen molar-refractivity contribution >= 4 is 35.2 Å². The topological polar surface area (TPSA) is 116 Å². The molecule has 1 aliphatic heterocycles. The zero-order chi connectivity index (χ0) is 27.5. The van der Waals surface area contributed by atoms with Crippen molar-refractivity contribution in [1.82, 2.24) is 18.7 Å². The van der Waals surface area contributed by atoms with E-state index in [1.165, 1.54) is 9.13 Å². The second-order valence-corrected chi connectivity index (χ2v) is 9.94. The van der Waals surface area contributed by atoms with Gasteiger partial charge in [0.2, 0.25) is 5.95 Å². The molecule has 1 aliphatic rings. The average molecular weight is 527 g/mol. The van der Waals surface area contributed by atoms with E-state index in [2.05, 4.69) is 21.6 Å². The minimum absolute atomic E-state index is 0.0340. The van der Waals surface area contributed by atoms with Crippen LogP contribution in [-0.4, -0.2) is 56.8 Å². The molecule has 3 heterocycles. The van der Waals surface area contributed by atoms with Gasteiger partial charge in [0.15, 0.2) is 11.2 Å². The van der Waals surface area contributed by atoms with Crippen molar-refractivity contribution in [3.63, 3.8) is 0 Å². The number of nitrogens with zero attached hydrogens (tertiary/aromatic N) is 7. The van der Waals surface area contributed by atoms with Crippen molar-refractivity contribution in [1.29, 1.82) is 0 Å². The van der Waals surface area contributed by atoms with Gasteiger partial charge in [0.25, 0.3) is 5.56 Å². The number of nitrogens with two attached hydrogens (primary N) is 1. The Morgan fingerprint density at radius 3 is 2.59 bits per heavy atom. The van der Waals surface area contributed by atoms with Crippen LogP contribution >= 0.6 is 0 Å². The lowest BCUT2D eigenvalue weighted by atomic mass is 10.1. The van der Waals surface area contributed by atoms with E-state index in [9.17, 15) is 9.59 Å². The number of aliphatic imine (C=N–C) groups is 2. The van der Waals surface area contributed by atoms with Crippen LogP contribution in [0.5, 0.6) is 0 Å². The van der Waals surface area contributed by atoms with E-state index in [0.717, 1.165) is 41.9 Å². The number of benzene rings is 2. The van der Waals surface area contributed by atoms with Crippen molar-refractivity contribution in [2.75, 3.05) is 24.5 Å². The van der Waals surface area contributed by atoms with Gasteiger partial charge >= 0.3 is 5.69 Å². The summed E-state index contributed by atoms with van der Waals surface area (Å²) in [5.74, 6) is 0.663. The molecule has 10 nitrogen and oxygen atoms in total. The number of rotatable bonds is 8. The fourth-order valence-electron chi connectivity index (χ4n) is 5.23. The van der Waals surface area contributed by atoms with E-state index in [0.29, 0.717) is 30.2 Å². The summed E-state index contributed by atoms with van der Waals surface area (Å²) < 4.78 is 4.65. The molecular formula is C29H34N8O2. The Morgan fingerprint density at radius 1 is 1.10 bits per heavy atom. The second-order valence-electron chi connectivity index (χ2n) is 9.94. The van der Waals surface area contributed by atoms with Crippen molar-refractivity contribution in [2.24, 2.45) is 22.8 Å². The van der Waals surface area contributed by atoms with Gasteiger partial charge in [0.05, 0.1) is 25.3 Å². The van der Waals surface area contributed by atoms with Crippen LogP contribution in [0.15, 0.2) is 74.2 Å². The van der Waals surface area contributed by atoms with Crippen LogP contribution in [0.3, 0.4) is 0 Å². The number of fused-ring (bicyclic) bond motifs is 1. The molecular weight excluding hydrogens is 492 g/mol. The second kappa shape index (κ2) is 11.2. The maximum atomic E-state index is 13.9. The molecule has 0 spiro atoms. The monoisotopic (exact) mass is 526 g/mol. The van der Waals surface area contributed by atoms with E-state index in [1.807, 2.05) is 66.1 Å². The molecule has 1 saturated heterocycles. The van der Waals surface area contributed by atoms with Gasteiger partial charge in [0, 0.05) is 37.5 Å². The number of imidazole rings is 1. The first kappa shape index (κ1) is 26.3. The van der Waals surface area contributed by atoms with Gasteiger partial charge in [-0.3, -0.25) is 28.5 Å². The lowest BCUT2D eigenvalue weighted by Gasteiger charge is -2.31. The summed E-state index contributed by atoms with van der Waals surface area (Å²) in [6.07, 6.45) is 1.90. The molecule has 0 radical (unpaired) electrons. The maximum absolute atomic E-state index is 13.9. The summed E-state index contributed by atoms with van der Waals surface area (Å²) in [6, 6.07) is 17.6. The van der Waals surface area contributed by atoms with E-state index < -0.39 is 5.69 Å². The van der Waals surface area contributed by atoms with Crippen molar-refractivity contribution < 1.29 is 0 Å². The third-order valence-electron chi connectivity index (χ3n) is 7.27. The maximum Gasteiger partial charge on any atom is 0.332 e. The summed E-state index contributed by atoms with van der Waals surface area (Å²) in [5, 5.41) is 0.